The summed E-state index contributed by atoms with van der Waals surface area (Å²) in [6.45, 7) is 4.79. The Morgan fingerprint density at radius 2 is 2.29 bits per heavy atom. The van der Waals surface area contributed by atoms with Crippen LogP contribution in [0.1, 0.15) is 24.3 Å². The molecule has 2 atom stereocenters. The Morgan fingerprint density at radius 3 is 2.86 bits per heavy atom. The highest BCUT2D eigenvalue weighted by Gasteiger charge is 2.43. The van der Waals surface area contributed by atoms with Crippen molar-refractivity contribution in [1.82, 2.24) is 19.9 Å². The molecule has 1 aliphatic rings. The van der Waals surface area contributed by atoms with Crippen LogP contribution in [-0.2, 0) is 11.3 Å². The molecule has 2 heterocycles. The molecule has 2 unspecified atom stereocenters. The first-order valence-electron chi connectivity index (χ1n) is 6.73. The lowest BCUT2D eigenvalue weighted by molar-refractivity contribution is -0.141. The minimum Gasteiger partial charge on any atom is -0.480 e. The van der Waals surface area contributed by atoms with Gasteiger partial charge in [0, 0.05) is 12.3 Å². The van der Waals surface area contributed by atoms with E-state index in [2.05, 4.69) is 10.3 Å². The number of carboxylic acid groups (broad SMARTS) is 1. The normalized spacial score (nSPS) is 22.0. The Hall–Kier alpha value is -1.61. The molecule has 2 rings (SSSR count). The molecule has 1 saturated heterocycles. The smallest absolute Gasteiger partial charge is 0.327 e. The van der Waals surface area contributed by atoms with Gasteiger partial charge in [-0.1, -0.05) is 19.1 Å². The van der Waals surface area contributed by atoms with Crippen molar-refractivity contribution in [3.8, 4) is 0 Å². The van der Waals surface area contributed by atoms with Gasteiger partial charge in [-0.15, -0.1) is 16.9 Å². The third kappa shape index (κ3) is 3.18. The van der Waals surface area contributed by atoms with Crippen LogP contribution in [0.25, 0.3) is 0 Å². The van der Waals surface area contributed by atoms with E-state index < -0.39 is 17.9 Å². The van der Waals surface area contributed by atoms with Gasteiger partial charge in [-0.3, -0.25) is 9.48 Å². The van der Waals surface area contributed by atoms with E-state index in [0.717, 1.165) is 0 Å². The first kappa shape index (κ1) is 15.8. The lowest BCUT2D eigenvalue weighted by Gasteiger charge is -2.28. The van der Waals surface area contributed by atoms with Crippen molar-refractivity contribution < 1.29 is 14.7 Å². The van der Waals surface area contributed by atoms with E-state index in [1.165, 1.54) is 27.5 Å². The van der Waals surface area contributed by atoms with Crippen LogP contribution < -0.4 is 5.73 Å². The number of rotatable bonds is 5. The Balaban J connectivity index is 2.25. The number of thioether (sulfide) groups is 1. The summed E-state index contributed by atoms with van der Waals surface area (Å²) >= 11 is 1.48. The van der Waals surface area contributed by atoms with Crippen LogP contribution in [0.4, 0.5) is 0 Å². The average Bonchev–Trinajstić information content (AvgIpc) is 3.04. The van der Waals surface area contributed by atoms with E-state index in [1.807, 2.05) is 13.8 Å². The first-order chi connectivity index (χ1) is 9.95. The van der Waals surface area contributed by atoms with Gasteiger partial charge in [0.1, 0.15) is 6.04 Å². The van der Waals surface area contributed by atoms with Crippen LogP contribution in [0, 0.1) is 5.92 Å². The van der Waals surface area contributed by atoms with Crippen LogP contribution in [0.2, 0.25) is 0 Å². The van der Waals surface area contributed by atoms with Crippen LogP contribution in [0.5, 0.6) is 0 Å². The second-order valence-electron chi connectivity index (χ2n) is 5.19. The van der Waals surface area contributed by atoms with Crippen LogP contribution in [0.15, 0.2) is 6.20 Å². The molecule has 21 heavy (non-hydrogen) atoms. The van der Waals surface area contributed by atoms with E-state index in [9.17, 15) is 14.7 Å². The summed E-state index contributed by atoms with van der Waals surface area (Å²) in [6, 6.07) is -0.824. The molecule has 0 saturated carbocycles. The van der Waals surface area contributed by atoms with Gasteiger partial charge < -0.3 is 15.7 Å². The zero-order valence-electron chi connectivity index (χ0n) is 12.0. The second-order valence-corrected chi connectivity index (χ2v) is 6.34. The maximum absolute atomic E-state index is 12.6. The van der Waals surface area contributed by atoms with Gasteiger partial charge in [0.05, 0.1) is 18.1 Å². The zero-order chi connectivity index (χ0) is 15.6. The van der Waals surface area contributed by atoms with Crippen molar-refractivity contribution in [3.05, 3.63) is 11.9 Å². The first-order valence-corrected chi connectivity index (χ1v) is 7.77. The lowest BCUT2D eigenvalue weighted by Crippen LogP contribution is -2.47. The van der Waals surface area contributed by atoms with Crippen molar-refractivity contribution in [3.63, 3.8) is 0 Å². The number of hydrogen-bond acceptors (Lipinski definition) is 6. The van der Waals surface area contributed by atoms with E-state index in [4.69, 9.17) is 5.73 Å². The molecule has 116 valence electrons. The highest BCUT2D eigenvalue weighted by atomic mass is 32.2. The molecule has 0 bridgehead atoms. The number of nitrogens with zero attached hydrogens (tertiary/aromatic N) is 4. The minimum atomic E-state index is -0.992. The Bertz CT molecular complexity index is 533. The van der Waals surface area contributed by atoms with Gasteiger partial charge in [0.15, 0.2) is 5.69 Å². The summed E-state index contributed by atoms with van der Waals surface area (Å²) in [7, 11) is 0. The van der Waals surface area contributed by atoms with Gasteiger partial charge in [-0.25, -0.2) is 4.79 Å². The number of carboxylic acids is 1. The molecule has 1 aromatic rings. The second kappa shape index (κ2) is 6.44. The van der Waals surface area contributed by atoms with Crippen LogP contribution >= 0.6 is 11.8 Å². The molecule has 1 fully saturated rings. The summed E-state index contributed by atoms with van der Waals surface area (Å²) in [5, 5.41) is 16.8. The fourth-order valence-electron chi connectivity index (χ4n) is 2.26. The molecule has 3 N–H and O–H groups in total. The van der Waals surface area contributed by atoms with Crippen molar-refractivity contribution in [2.24, 2.45) is 11.7 Å². The fourth-order valence-corrected chi connectivity index (χ4v) is 3.73. The maximum atomic E-state index is 12.6. The number of amides is 1. The topological polar surface area (TPSA) is 114 Å². The maximum Gasteiger partial charge on any atom is 0.327 e. The zero-order valence-corrected chi connectivity index (χ0v) is 12.8. The van der Waals surface area contributed by atoms with Crippen LogP contribution in [0.3, 0.4) is 0 Å². The number of nitrogens with two attached hydrogens (primary N) is 1. The molecule has 1 aromatic heterocycles. The van der Waals surface area contributed by atoms with Crippen molar-refractivity contribution in [2.45, 2.75) is 31.8 Å². The summed E-state index contributed by atoms with van der Waals surface area (Å²) < 4.78 is 1.48. The standard InChI is InChI=1S/C12H19N5O3S/c1-7(2)11-17(9(6-21-11)12(19)20)10(18)8-5-16(4-3-13)15-14-8/h5,7,9,11H,3-4,6,13H2,1-2H3,(H,19,20). The highest BCUT2D eigenvalue weighted by Crippen LogP contribution is 2.34. The Kier molecular flexibility index (Phi) is 4.84. The molecule has 9 heteroatoms. The van der Waals surface area contributed by atoms with Gasteiger partial charge >= 0.3 is 5.97 Å². The fraction of sp³-hybridized carbons (Fsp3) is 0.667. The van der Waals surface area contributed by atoms with E-state index >= 15 is 0 Å². The SMILES string of the molecule is CC(C)C1SCC(C(=O)O)N1C(=O)c1cn(CCN)nn1. The van der Waals surface area contributed by atoms with Gasteiger partial charge in [-0.2, -0.15) is 0 Å². The van der Waals surface area contributed by atoms with E-state index in [1.54, 1.807) is 0 Å². The number of carbonyl (C=O) groups excluding carboxylic acids is 1. The third-order valence-electron chi connectivity index (χ3n) is 3.24. The number of aliphatic carboxylic acids is 1. The molecule has 1 aliphatic heterocycles. The number of carbonyl (C=O) groups is 2. The molecule has 1 amide bonds. The molecule has 0 aromatic carbocycles. The Labute approximate surface area is 126 Å². The molecule has 0 aliphatic carbocycles. The van der Waals surface area contributed by atoms with E-state index in [-0.39, 0.29) is 17.0 Å². The number of aromatic nitrogens is 3. The van der Waals surface area contributed by atoms with Crippen molar-refractivity contribution in [2.75, 3.05) is 12.3 Å². The predicted molar refractivity (Wildman–Crippen MR) is 77.8 cm³/mol. The van der Waals surface area contributed by atoms with Gasteiger partial charge in [-0.05, 0) is 5.92 Å². The Morgan fingerprint density at radius 1 is 1.57 bits per heavy atom. The molecule has 0 radical (unpaired) electrons. The summed E-state index contributed by atoms with van der Waals surface area (Å²) in [5.74, 6) is -0.842. The lowest BCUT2D eigenvalue weighted by atomic mass is 10.1. The summed E-state index contributed by atoms with van der Waals surface area (Å²) in [6.07, 6.45) is 1.51. The molecule has 0 spiro atoms. The van der Waals surface area contributed by atoms with Crippen molar-refractivity contribution >= 4 is 23.6 Å². The predicted octanol–water partition coefficient (Wildman–Crippen LogP) is -0.139. The van der Waals surface area contributed by atoms with Crippen LogP contribution in [-0.4, -0.2) is 60.6 Å². The summed E-state index contributed by atoms with van der Waals surface area (Å²) in [4.78, 5) is 25.4. The molecular formula is C12H19N5O3S. The quantitative estimate of drug-likeness (QED) is 0.777. The average molecular weight is 313 g/mol. The molecular weight excluding hydrogens is 294 g/mol. The number of hydrogen-bond donors (Lipinski definition) is 2. The largest absolute Gasteiger partial charge is 0.480 e. The molecule has 8 nitrogen and oxygen atoms in total. The van der Waals surface area contributed by atoms with Gasteiger partial charge in [0.2, 0.25) is 0 Å². The minimum absolute atomic E-state index is 0.155. The third-order valence-corrected chi connectivity index (χ3v) is 4.86. The van der Waals surface area contributed by atoms with Gasteiger partial charge in [0.25, 0.3) is 5.91 Å². The summed E-state index contributed by atoms with van der Waals surface area (Å²) in [5.41, 5.74) is 5.58. The highest BCUT2D eigenvalue weighted by molar-refractivity contribution is 8.00. The monoisotopic (exact) mass is 313 g/mol. The van der Waals surface area contributed by atoms with E-state index in [0.29, 0.717) is 18.8 Å². The van der Waals surface area contributed by atoms with Crippen molar-refractivity contribution in [1.29, 1.82) is 0 Å².